The molecule has 1 saturated heterocycles. The van der Waals surface area contributed by atoms with Crippen molar-refractivity contribution in [2.75, 3.05) is 23.3 Å². The third kappa shape index (κ3) is 3.69. The molecular weight excluding hydrogens is 356 g/mol. The molecule has 1 aliphatic heterocycles. The molecule has 0 radical (unpaired) electrons. The molecule has 0 saturated carbocycles. The summed E-state index contributed by atoms with van der Waals surface area (Å²) >= 11 is 0. The van der Waals surface area contributed by atoms with Gasteiger partial charge in [0.05, 0.1) is 10.8 Å². The molecule has 4 rings (SSSR count). The maximum absolute atomic E-state index is 12.5. The number of aromatic nitrogens is 2. The van der Waals surface area contributed by atoms with Gasteiger partial charge in [-0.1, -0.05) is 12.1 Å². The molecule has 1 fully saturated rings. The number of benzene rings is 2. The van der Waals surface area contributed by atoms with Crippen molar-refractivity contribution in [3.05, 3.63) is 69.2 Å². The summed E-state index contributed by atoms with van der Waals surface area (Å²) in [4.78, 5) is 39.3. The van der Waals surface area contributed by atoms with Gasteiger partial charge in [-0.2, -0.15) is 0 Å². The number of nitrogens with zero attached hydrogens (tertiary/aromatic N) is 2. The zero-order chi connectivity index (χ0) is 19.5. The average Bonchev–Trinajstić information content (AvgIpc) is 2.73. The molecule has 0 atom stereocenters. The average molecular weight is 378 g/mol. The quantitative estimate of drug-likeness (QED) is 0.729. The highest BCUT2D eigenvalue weighted by Crippen LogP contribution is 2.21. The predicted molar refractivity (Wildman–Crippen MR) is 110 cm³/mol. The van der Waals surface area contributed by atoms with Crippen LogP contribution in [0.2, 0.25) is 0 Å². The number of amides is 1. The Kier molecular flexibility index (Phi) is 4.97. The van der Waals surface area contributed by atoms with Gasteiger partial charge in [-0.25, -0.2) is 4.68 Å². The first-order valence-electron chi connectivity index (χ1n) is 9.48. The Hall–Kier alpha value is -3.35. The molecule has 1 amide bonds. The minimum absolute atomic E-state index is 0.257. The summed E-state index contributed by atoms with van der Waals surface area (Å²) in [6.45, 7) is 1.86. The van der Waals surface area contributed by atoms with Crippen molar-refractivity contribution in [1.29, 1.82) is 0 Å². The van der Waals surface area contributed by atoms with Crippen LogP contribution >= 0.6 is 0 Å². The molecular formula is C21H22N4O3. The highest BCUT2D eigenvalue weighted by atomic mass is 16.2. The van der Waals surface area contributed by atoms with Gasteiger partial charge in [0.15, 0.2) is 0 Å². The van der Waals surface area contributed by atoms with Crippen LogP contribution in [0.1, 0.15) is 19.3 Å². The second-order valence-electron chi connectivity index (χ2n) is 7.02. The Labute approximate surface area is 161 Å². The molecule has 0 bridgehead atoms. The number of rotatable bonds is 4. The van der Waals surface area contributed by atoms with Crippen LogP contribution < -0.4 is 21.3 Å². The molecule has 2 N–H and O–H groups in total. The Balaban J connectivity index is 1.47. The van der Waals surface area contributed by atoms with Crippen LogP contribution in [0.4, 0.5) is 11.4 Å². The normalized spacial score (nSPS) is 14.2. The topological polar surface area (TPSA) is 87.2 Å². The van der Waals surface area contributed by atoms with Gasteiger partial charge in [-0.05, 0) is 55.7 Å². The number of hydrogen-bond donors (Lipinski definition) is 2. The van der Waals surface area contributed by atoms with Gasteiger partial charge in [0.2, 0.25) is 5.91 Å². The van der Waals surface area contributed by atoms with Gasteiger partial charge in [0, 0.05) is 24.5 Å². The van der Waals surface area contributed by atoms with Crippen molar-refractivity contribution in [3.63, 3.8) is 0 Å². The van der Waals surface area contributed by atoms with E-state index >= 15 is 0 Å². The fourth-order valence-corrected chi connectivity index (χ4v) is 3.61. The van der Waals surface area contributed by atoms with Crippen molar-refractivity contribution in [3.8, 4) is 0 Å². The molecule has 3 aromatic rings. The summed E-state index contributed by atoms with van der Waals surface area (Å²) in [6, 6.07) is 14.3. The van der Waals surface area contributed by atoms with Crippen LogP contribution in [0.5, 0.6) is 0 Å². The van der Waals surface area contributed by atoms with E-state index in [4.69, 9.17) is 0 Å². The fourth-order valence-electron chi connectivity index (χ4n) is 3.61. The summed E-state index contributed by atoms with van der Waals surface area (Å²) in [5.74, 6) is -0.376. The molecule has 7 heteroatoms. The van der Waals surface area contributed by atoms with Crippen molar-refractivity contribution >= 4 is 28.1 Å². The summed E-state index contributed by atoms with van der Waals surface area (Å²) in [5.41, 5.74) is 1.01. The van der Waals surface area contributed by atoms with E-state index in [0.29, 0.717) is 16.5 Å². The lowest BCUT2D eigenvalue weighted by molar-refractivity contribution is -0.117. The summed E-state index contributed by atoms with van der Waals surface area (Å²) in [6.07, 6.45) is 3.69. The van der Waals surface area contributed by atoms with E-state index in [0.717, 1.165) is 23.5 Å². The number of hydrogen-bond acceptors (Lipinski definition) is 4. The third-order valence-corrected chi connectivity index (χ3v) is 5.06. The monoisotopic (exact) mass is 378 g/mol. The largest absolute Gasteiger partial charge is 0.372 e. The van der Waals surface area contributed by atoms with E-state index in [1.807, 2.05) is 24.3 Å². The standard InChI is InChI=1S/C21H22N4O3/c26-19(14-25-21(28)18-7-3-2-6-17(18)20(27)23-25)22-15-8-10-16(11-9-15)24-12-4-1-5-13-24/h2-3,6-11H,1,4-5,12-14H2,(H,22,26)(H,23,27). The number of anilines is 2. The molecule has 28 heavy (non-hydrogen) atoms. The minimum Gasteiger partial charge on any atom is -0.372 e. The first kappa shape index (κ1) is 18.0. The second kappa shape index (κ2) is 7.72. The molecule has 2 heterocycles. The van der Waals surface area contributed by atoms with Crippen LogP contribution in [0.3, 0.4) is 0 Å². The lowest BCUT2D eigenvalue weighted by Gasteiger charge is -2.28. The maximum Gasteiger partial charge on any atom is 0.273 e. The Morgan fingerprint density at radius 3 is 2.32 bits per heavy atom. The number of carbonyl (C=O) groups excluding carboxylic acids is 1. The van der Waals surface area contributed by atoms with Gasteiger partial charge in [0.25, 0.3) is 11.1 Å². The Morgan fingerprint density at radius 2 is 1.61 bits per heavy atom. The van der Waals surface area contributed by atoms with Gasteiger partial charge < -0.3 is 10.2 Å². The number of nitrogens with one attached hydrogen (secondary N) is 2. The van der Waals surface area contributed by atoms with Crippen molar-refractivity contribution in [2.24, 2.45) is 0 Å². The smallest absolute Gasteiger partial charge is 0.273 e. The molecule has 0 unspecified atom stereocenters. The number of aromatic amines is 1. The van der Waals surface area contributed by atoms with Gasteiger partial charge in [0.1, 0.15) is 6.54 Å². The molecule has 0 aliphatic carbocycles. The molecule has 2 aromatic carbocycles. The van der Waals surface area contributed by atoms with Crippen LogP contribution in [0, 0.1) is 0 Å². The SMILES string of the molecule is O=C(Cn1[nH]c(=O)c2ccccc2c1=O)Nc1ccc(N2CCCCC2)cc1. The molecule has 0 spiro atoms. The lowest BCUT2D eigenvalue weighted by Crippen LogP contribution is -2.34. The summed E-state index contributed by atoms with van der Waals surface area (Å²) < 4.78 is 1.04. The van der Waals surface area contributed by atoms with Crippen LogP contribution in [0.15, 0.2) is 58.1 Å². The van der Waals surface area contributed by atoms with E-state index < -0.39 is 11.1 Å². The van der Waals surface area contributed by atoms with Gasteiger partial charge in [-0.3, -0.25) is 19.5 Å². The number of carbonyl (C=O) groups is 1. The third-order valence-electron chi connectivity index (χ3n) is 5.06. The Morgan fingerprint density at radius 1 is 0.929 bits per heavy atom. The van der Waals surface area contributed by atoms with E-state index in [9.17, 15) is 14.4 Å². The number of fused-ring (bicyclic) bond motifs is 1. The molecule has 1 aromatic heterocycles. The first-order valence-corrected chi connectivity index (χ1v) is 9.48. The number of piperidine rings is 1. The van der Waals surface area contributed by atoms with Gasteiger partial charge in [-0.15, -0.1) is 0 Å². The van der Waals surface area contributed by atoms with E-state index in [-0.39, 0.29) is 12.5 Å². The highest BCUT2D eigenvalue weighted by molar-refractivity contribution is 5.91. The number of H-pyrrole nitrogens is 1. The van der Waals surface area contributed by atoms with Crippen LogP contribution in [0.25, 0.3) is 10.8 Å². The van der Waals surface area contributed by atoms with Crippen molar-refractivity contribution in [1.82, 2.24) is 9.78 Å². The zero-order valence-electron chi connectivity index (χ0n) is 15.5. The minimum atomic E-state index is -0.397. The zero-order valence-corrected chi connectivity index (χ0v) is 15.5. The van der Waals surface area contributed by atoms with Crippen molar-refractivity contribution < 1.29 is 4.79 Å². The first-order chi connectivity index (χ1) is 13.6. The second-order valence-corrected chi connectivity index (χ2v) is 7.02. The highest BCUT2D eigenvalue weighted by Gasteiger charge is 2.12. The molecule has 1 aliphatic rings. The van der Waals surface area contributed by atoms with Gasteiger partial charge >= 0.3 is 0 Å². The van der Waals surface area contributed by atoms with Crippen molar-refractivity contribution in [2.45, 2.75) is 25.8 Å². The van der Waals surface area contributed by atoms with E-state index in [2.05, 4.69) is 15.3 Å². The van der Waals surface area contributed by atoms with Crippen LogP contribution in [-0.4, -0.2) is 28.8 Å². The molecule has 7 nitrogen and oxygen atoms in total. The summed E-state index contributed by atoms with van der Waals surface area (Å²) in [7, 11) is 0. The Bertz CT molecular complexity index is 1110. The maximum atomic E-state index is 12.5. The van der Waals surface area contributed by atoms with Crippen LogP contribution in [-0.2, 0) is 11.3 Å². The molecule has 144 valence electrons. The lowest BCUT2D eigenvalue weighted by atomic mass is 10.1. The predicted octanol–water partition coefficient (Wildman–Crippen LogP) is 2.32. The van der Waals surface area contributed by atoms with E-state index in [1.54, 1.807) is 24.3 Å². The van der Waals surface area contributed by atoms with E-state index in [1.165, 1.54) is 19.3 Å². The fraction of sp³-hybridized carbons (Fsp3) is 0.286. The summed E-state index contributed by atoms with van der Waals surface area (Å²) in [5, 5.41) is 5.86.